The molecule has 72 valence electrons. The maximum Gasteiger partial charge on any atom is 0.270 e. The number of para-hydroxylation sites is 1. The lowest BCUT2D eigenvalue weighted by molar-refractivity contribution is -0.404. The van der Waals surface area contributed by atoms with Crippen LogP contribution in [0.15, 0.2) is 53.8 Å². The first-order valence-electron chi connectivity index (χ1n) is 5.00. The van der Waals surface area contributed by atoms with Crippen molar-refractivity contribution in [3.63, 3.8) is 0 Å². The lowest BCUT2D eigenvalue weighted by atomic mass is 9.96. The monoisotopic (exact) mass is 196 g/mol. The van der Waals surface area contributed by atoms with Crippen LogP contribution in [0.5, 0.6) is 0 Å². The summed E-state index contributed by atoms with van der Waals surface area (Å²) >= 11 is 0. The van der Waals surface area contributed by atoms with Crippen LogP contribution in [0.3, 0.4) is 0 Å². The molecule has 0 saturated carbocycles. The van der Waals surface area contributed by atoms with Gasteiger partial charge >= 0.3 is 0 Å². The molecule has 0 aromatic heterocycles. The van der Waals surface area contributed by atoms with E-state index in [1.54, 1.807) is 0 Å². The molecular weight excluding hydrogens is 186 g/mol. The van der Waals surface area contributed by atoms with Crippen molar-refractivity contribution in [3.05, 3.63) is 64.2 Å². The lowest BCUT2D eigenvalue weighted by Crippen LogP contribution is -2.10. The van der Waals surface area contributed by atoms with Gasteiger partial charge in [0.05, 0.1) is 10.3 Å². The largest absolute Gasteiger partial charge is 0.270 e. The fourth-order valence-corrected chi connectivity index (χ4v) is 2.01. The molecule has 1 aliphatic carbocycles. The first kappa shape index (κ1) is 8.36. The van der Waals surface area contributed by atoms with Crippen molar-refractivity contribution in [2.45, 2.75) is 6.42 Å². The first-order valence-corrected chi connectivity index (χ1v) is 5.00. The molecule has 2 heteroatoms. The molecule has 0 fully saturated rings. The van der Waals surface area contributed by atoms with Gasteiger partial charge in [-0.2, -0.15) is 0 Å². The normalized spacial score (nSPS) is 17.7. The highest BCUT2D eigenvalue weighted by molar-refractivity contribution is 5.69. The molecule has 0 N–H and O–H groups in total. The van der Waals surface area contributed by atoms with Crippen molar-refractivity contribution < 1.29 is 4.76 Å². The number of hydrogen-bond donors (Lipinski definition) is 0. The Labute approximate surface area is 87.8 Å². The summed E-state index contributed by atoms with van der Waals surface area (Å²) in [5.74, 6) is 0. The van der Waals surface area contributed by atoms with E-state index in [0.29, 0.717) is 0 Å². The third-order valence-corrected chi connectivity index (χ3v) is 2.76. The second kappa shape index (κ2) is 3.02. The zero-order chi connectivity index (χ0) is 10.3. The Bertz CT molecular complexity index is 535. The summed E-state index contributed by atoms with van der Waals surface area (Å²) in [6.07, 6.45) is 8.82. The van der Waals surface area contributed by atoms with Crippen LogP contribution in [0.2, 0.25) is 0 Å². The van der Waals surface area contributed by atoms with E-state index in [0.717, 1.165) is 33.7 Å². The van der Waals surface area contributed by atoms with Crippen LogP contribution in [-0.2, 0) is 0 Å². The molecule has 0 radical (unpaired) electrons. The first-order chi connectivity index (χ1) is 7.36. The summed E-state index contributed by atoms with van der Waals surface area (Å²) < 4.78 is 1.02. The third-order valence-electron chi connectivity index (χ3n) is 2.76. The summed E-state index contributed by atoms with van der Waals surface area (Å²) in [6, 6.07) is 7.68. The van der Waals surface area contributed by atoms with E-state index in [2.05, 4.69) is 12.2 Å². The van der Waals surface area contributed by atoms with Crippen LogP contribution >= 0.6 is 0 Å². The minimum atomic E-state index is 0.739. The number of hydrogen-bond acceptors (Lipinski definition) is 1. The van der Waals surface area contributed by atoms with E-state index in [1.807, 2.05) is 36.4 Å². The second-order valence-electron chi connectivity index (χ2n) is 3.71. The highest BCUT2D eigenvalue weighted by Gasteiger charge is 2.31. The van der Waals surface area contributed by atoms with Crippen LogP contribution in [-0.4, -0.2) is 4.76 Å². The molecule has 1 aliphatic heterocycles. The molecule has 0 saturated heterocycles. The predicted molar refractivity (Wildman–Crippen MR) is 59.5 cm³/mol. The number of nitrogens with zero attached hydrogens (tertiary/aromatic N) is 1. The van der Waals surface area contributed by atoms with Gasteiger partial charge in [0.15, 0.2) is 0 Å². The number of rotatable bonds is 0. The predicted octanol–water partition coefficient (Wildman–Crippen LogP) is 3.34. The highest BCUT2D eigenvalue weighted by atomic mass is 16.3. The van der Waals surface area contributed by atoms with Crippen LogP contribution in [0.1, 0.15) is 12.0 Å². The van der Waals surface area contributed by atoms with Gasteiger partial charge < -0.3 is 0 Å². The van der Waals surface area contributed by atoms with E-state index < -0.39 is 0 Å². The standard InChI is InChI=1S/C13H10NO/c15-14-12-7-3-1-5-10(12)9-11-6-2-4-8-13(11)14/h1-5,7-9H,6H2/q+1. The molecule has 1 aromatic rings. The maximum absolute atomic E-state index is 12.0. The number of benzene rings is 1. The van der Waals surface area contributed by atoms with E-state index >= 15 is 0 Å². The molecule has 2 aliphatic rings. The van der Waals surface area contributed by atoms with Crippen molar-refractivity contribution >= 4 is 11.8 Å². The average Bonchev–Trinajstić information content (AvgIpc) is 2.30. The minimum absolute atomic E-state index is 0.739. The molecular formula is C13H10NO+. The van der Waals surface area contributed by atoms with Gasteiger partial charge in [-0.05, 0) is 18.6 Å². The van der Waals surface area contributed by atoms with E-state index in [1.165, 1.54) is 0 Å². The van der Waals surface area contributed by atoms with Crippen LogP contribution in [0, 0.1) is 4.91 Å². The summed E-state index contributed by atoms with van der Waals surface area (Å²) in [7, 11) is 0. The van der Waals surface area contributed by atoms with Crippen LogP contribution < -0.4 is 0 Å². The Balaban J connectivity index is 2.26. The molecule has 0 atom stereocenters. The van der Waals surface area contributed by atoms with Gasteiger partial charge in [-0.25, -0.2) is 0 Å². The van der Waals surface area contributed by atoms with Gasteiger partial charge in [0, 0.05) is 22.6 Å². The van der Waals surface area contributed by atoms with Crippen molar-refractivity contribution in [1.29, 1.82) is 0 Å². The molecule has 1 aromatic carbocycles. The fraction of sp³-hybridized carbons (Fsp3) is 0.0769. The molecule has 0 bridgehead atoms. The van der Waals surface area contributed by atoms with E-state index in [-0.39, 0.29) is 0 Å². The zero-order valence-corrected chi connectivity index (χ0v) is 8.18. The Morgan fingerprint density at radius 3 is 3.00 bits per heavy atom. The quantitative estimate of drug-likeness (QED) is 0.583. The van der Waals surface area contributed by atoms with Crippen molar-refractivity contribution in [1.82, 2.24) is 0 Å². The van der Waals surface area contributed by atoms with Gasteiger partial charge in [-0.1, -0.05) is 24.3 Å². The summed E-state index contributed by atoms with van der Waals surface area (Å²) in [4.78, 5) is 12.0. The molecule has 15 heavy (non-hydrogen) atoms. The minimum Gasteiger partial charge on any atom is -0.0796 e. The lowest BCUT2D eigenvalue weighted by Gasteiger charge is -2.11. The molecule has 1 heterocycles. The molecule has 0 spiro atoms. The topological polar surface area (TPSA) is 20.1 Å². The molecule has 2 nitrogen and oxygen atoms in total. The Morgan fingerprint density at radius 1 is 1.20 bits per heavy atom. The SMILES string of the molecule is O=[N+]1C2=CC=CCC2=Cc2ccccc21. The Morgan fingerprint density at radius 2 is 2.07 bits per heavy atom. The summed E-state index contributed by atoms with van der Waals surface area (Å²) in [6.45, 7) is 0. The van der Waals surface area contributed by atoms with Crippen molar-refractivity contribution in [2.75, 3.05) is 0 Å². The van der Waals surface area contributed by atoms with Gasteiger partial charge in [-0.15, -0.1) is 0 Å². The average molecular weight is 196 g/mol. The third kappa shape index (κ3) is 1.18. The van der Waals surface area contributed by atoms with Crippen LogP contribution in [0.4, 0.5) is 5.69 Å². The van der Waals surface area contributed by atoms with E-state index in [9.17, 15) is 4.91 Å². The molecule has 3 rings (SSSR count). The van der Waals surface area contributed by atoms with Gasteiger partial charge in [0.2, 0.25) is 0 Å². The molecule has 0 unspecified atom stereocenters. The summed E-state index contributed by atoms with van der Waals surface area (Å²) in [5.41, 5.74) is 3.63. The van der Waals surface area contributed by atoms with E-state index in [4.69, 9.17) is 0 Å². The highest BCUT2D eigenvalue weighted by Crippen LogP contribution is 2.35. The van der Waals surface area contributed by atoms with Gasteiger partial charge in [-0.3, -0.25) is 0 Å². The van der Waals surface area contributed by atoms with Crippen molar-refractivity contribution in [3.8, 4) is 0 Å². The fourth-order valence-electron chi connectivity index (χ4n) is 2.01. The smallest absolute Gasteiger partial charge is 0.0796 e. The van der Waals surface area contributed by atoms with Crippen LogP contribution in [0.25, 0.3) is 6.08 Å². The number of fused-ring (bicyclic) bond motifs is 2. The Hall–Kier alpha value is -1.96. The van der Waals surface area contributed by atoms with Crippen molar-refractivity contribution in [2.24, 2.45) is 0 Å². The number of allylic oxidation sites excluding steroid dienone is 4. The zero-order valence-electron chi connectivity index (χ0n) is 8.18. The maximum atomic E-state index is 12.0. The van der Waals surface area contributed by atoms with Gasteiger partial charge in [0.25, 0.3) is 11.4 Å². The number of nitroso groups, excluding NO2 is 1. The summed E-state index contributed by atoms with van der Waals surface area (Å²) in [5, 5.41) is 0. The van der Waals surface area contributed by atoms with Gasteiger partial charge in [0.1, 0.15) is 0 Å². The second-order valence-corrected chi connectivity index (χ2v) is 3.71. The Kier molecular flexibility index (Phi) is 1.68. The molecule has 0 amide bonds.